The summed E-state index contributed by atoms with van der Waals surface area (Å²) in [6, 6.07) is 79.6. The molecule has 0 unspecified atom stereocenters. The van der Waals surface area contributed by atoms with Gasteiger partial charge in [0.2, 0.25) is 0 Å². The number of benzene rings is 10. The Morgan fingerprint density at radius 3 is 1.05 bits per heavy atom. The molecule has 82 heavy (non-hydrogen) atoms. The standard InChI is InChI=1S/C78H74N2S2/c1-75(2,3)53-29-37-57(38-30-53)79(58-39-31-54(32-40-58)76(4,5)6)65-47-52-46-50-22-14-16-24-62(50)61-23-15-13-21-49(61)45-51-48-66(80(59-41-33-55(34-42-59)77(7,8)9)60-43-35-56(36-44-60)78(10,11)12)73-72(64-26-18-20-28-68(64)81-73)69(51)70(52)74-71(65)63-25-17-19-27-67(63)82-74/h13-44,47-48H,45-46H2,1-12H3. The van der Waals surface area contributed by atoms with Crippen LogP contribution in [0.1, 0.15) is 128 Å². The molecule has 408 valence electrons. The Balaban J connectivity index is 1.18. The molecular formula is C78H74N2S2. The van der Waals surface area contributed by atoms with Gasteiger partial charge in [0.15, 0.2) is 0 Å². The third-order valence-electron chi connectivity index (χ3n) is 17.2. The summed E-state index contributed by atoms with van der Waals surface area (Å²) < 4.78 is 5.18. The minimum Gasteiger partial charge on any atom is -0.310 e. The monoisotopic (exact) mass is 1100 g/mol. The maximum absolute atomic E-state index is 2.61. The van der Waals surface area contributed by atoms with Gasteiger partial charge in [0.05, 0.1) is 16.1 Å². The van der Waals surface area contributed by atoms with E-state index in [-0.39, 0.29) is 21.7 Å². The van der Waals surface area contributed by atoms with E-state index in [1.165, 1.54) is 118 Å². The summed E-state index contributed by atoms with van der Waals surface area (Å²) in [6.07, 6.45) is 1.49. The van der Waals surface area contributed by atoms with Crippen molar-refractivity contribution in [1.82, 2.24) is 0 Å². The minimum absolute atomic E-state index is 0.00950. The Morgan fingerprint density at radius 2 is 0.634 bits per heavy atom. The number of anilines is 6. The second-order valence-electron chi connectivity index (χ2n) is 27.0. The fourth-order valence-electron chi connectivity index (χ4n) is 12.6. The molecule has 0 bridgehead atoms. The van der Waals surface area contributed by atoms with Gasteiger partial charge in [0, 0.05) is 64.0 Å². The summed E-state index contributed by atoms with van der Waals surface area (Å²) in [7, 11) is 0. The average molecular weight is 1100 g/mol. The number of hydrogen-bond donors (Lipinski definition) is 0. The van der Waals surface area contributed by atoms with E-state index in [2.05, 4.69) is 299 Å². The van der Waals surface area contributed by atoms with Crippen LogP contribution in [0, 0.1) is 0 Å². The Morgan fingerprint density at radius 1 is 0.305 bits per heavy atom. The van der Waals surface area contributed by atoms with Gasteiger partial charge in [0.1, 0.15) is 0 Å². The lowest BCUT2D eigenvalue weighted by molar-refractivity contribution is 0.590. The Kier molecular flexibility index (Phi) is 13.1. The van der Waals surface area contributed by atoms with Crippen LogP contribution in [0.2, 0.25) is 0 Å². The molecule has 1 aliphatic rings. The molecule has 0 aliphatic heterocycles. The first-order valence-electron chi connectivity index (χ1n) is 29.3. The van der Waals surface area contributed by atoms with Crippen molar-refractivity contribution in [3.05, 3.63) is 251 Å². The third kappa shape index (κ3) is 9.52. The lowest BCUT2D eigenvalue weighted by atomic mass is 9.81. The normalized spacial score (nSPS) is 13.0. The summed E-state index contributed by atoms with van der Waals surface area (Å²) in [5.74, 6) is 0. The molecule has 2 heterocycles. The Hall–Kier alpha value is -7.76. The molecule has 12 aromatic rings. The van der Waals surface area contributed by atoms with Crippen molar-refractivity contribution >= 4 is 97.1 Å². The second kappa shape index (κ2) is 20.0. The number of thiophene rings is 2. The molecule has 0 saturated heterocycles. The fraction of sp³-hybridized carbons (Fsp3) is 0.231. The summed E-state index contributed by atoms with van der Waals surface area (Å²) >= 11 is 3.90. The molecule has 10 aromatic carbocycles. The average Bonchev–Trinajstić information content (AvgIpc) is 2.18. The molecule has 2 nitrogen and oxygen atoms in total. The molecular weight excluding hydrogens is 1030 g/mol. The van der Waals surface area contributed by atoms with Gasteiger partial charge in [0.25, 0.3) is 0 Å². The molecule has 4 heteroatoms. The van der Waals surface area contributed by atoms with Crippen LogP contribution in [-0.4, -0.2) is 0 Å². The van der Waals surface area contributed by atoms with Crippen LogP contribution in [0.4, 0.5) is 34.1 Å². The topological polar surface area (TPSA) is 6.48 Å². The smallest absolute Gasteiger partial charge is 0.0643 e. The zero-order valence-corrected chi connectivity index (χ0v) is 51.4. The van der Waals surface area contributed by atoms with Crippen LogP contribution in [0.25, 0.3) is 62.6 Å². The van der Waals surface area contributed by atoms with Crippen LogP contribution in [-0.2, 0) is 34.5 Å². The highest BCUT2D eigenvalue weighted by Crippen LogP contribution is 2.57. The number of hydrogen-bond acceptors (Lipinski definition) is 4. The molecule has 0 spiro atoms. The van der Waals surface area contributed by atoms with Gasteiger partial charge >= 0.3 is 0 Å². The van der Waals surface area contributed by atoms with Crippen LogP contribution in [0.3, 0.4) is 0 Å². The van der Waals surface area contributed by atoms with Crippen LogP contribution in [0.5, 0.6) is 0 Å². The molecule has 0 atom stereocenters. The van der Waals surface area contributed by atoms with Gasteiger partial charge in [-0.3, -0.25) is 0 Å². The van der Waals surface area contributed by atoms with E-state index in [0.717, 1.165) is 35.6 Å². The zero-order chi connectivity index (χ0) is 57.0. The molecule has 1 aliphatic carbocycles. The van der Waals surface area contributed by atoms with E-state index in [1.54, 1.807) is 0 Å². The number of fused-ring (bicyclic) bond motifs is 14. The second-order valence-corrected chi connectivity index (χ2v) is 29.1. The molecule has 0 fully saturated rings. The van der Waals surface area contributed by atoms with Crippen molar-refractivity contribution in [1.29, 1.82) is 0 Å². The van der Waals surface area contributed by atoms with Crippen molar-refractivity contribution < 1.29 is 0 Å². The summed E-state index contributed by atoms with van der Waals surface area (Å²) in [5, 5.41) is 5.18. The summed E-state index contributed by atoms with van der Waals surface area (Å²) in [4.78, 5) is 5.12. The Bertz CT molecular complexity index is 4280. The maximum atomic E-state index is 2.61. The van der Waals surface area contributed by atoms with Crippen molar-refractivity contribution in [3.8, 4) is 22.3 Å². The van der Waals surface area contributed by atoms with E-state index in [0.29, 0.717) is 0 Å². The molecule has 0 radical (unpaired) electrons. The van der Waals surface area contributed by atoms with E-state index < -0.39 is 0 Å². The van der Waals surface area contributed by atoms with Gasteiger partial charge in [-0.15, -0.1) is 22.7 Å². The predicted molar refractivity (Wildman–Crippen MR) is 359 cm³/mol. The SMILES string of the molecule is CC(C)(C)c1ccc(N(c2ccc(C(C)(C)C)cc2)c2cc3c(c4c2sc2ccccc24)-c2c(cc(N(c4ccc(C(C)(C)C)cc4)c4ccc(C(C)(C)C)cc4)c4c2sc2ccccc24)Cc2ccccc2-c2ccccc2C3)cc1. The van der Waals surface area contributed by atoms with Gasteiger partial charge in [-0.1, -0.05) is 217 Å². The van der Waals surface area contributed by atoms with Crippen LogP contribution in [0.15, 0.2) is 206 Å². The zero-order valence-electron chi connectivity index (χ0n) is 49.8. The maximum Gasteiger partial charge on any atom is 0.0643 e. The van der Waals surface area contributed by atoms with Crippen LogP contribution >= 0.6 is 22.7 Å². The number of rotatable bonds is 6. The molecule has 13 rings (SSSR count). The quantitative estimate of drug-likeness (QED) is 0.164. The summed E-state index contributed by atoms with van der Waals surface area (Å²) in [5.41, 5.74) is 22.8. The lowest BCUT2D eigenvalue weighted by Crippen LogP contribution is -2.15. The van der Waals surface area contributed by atoms with Gasteiger partial charge < -0.3 is 9.80 Å². The Labute approximate surface area is 494 Å². The fourth-order valence-corrected chi connectivity index (χ4v) is 15.1. The first-order chi connectivity index (χ1) is 39.2. The first-order valence-corrected chi connectivity index (χ1v) is 31.0. The highest BCUT2D eigenvalue weighted by molar-refractivity contribution is 7.27. The predicted octanol–water partition coefficient (Wildman–Crippen LogP) is 23.4. The molecule has 2 aromatic heterocycles. The lowest BCUT2D eigenvalue weighted by Gasteiger charge is -2.31. The van der Waals surface area contributed by atoms with Crippen LogP contribution < -0.4 is 9.80 Å². The van der Waals surface area contributed by atoms with E-state index in [9.17, 15) is 0 Å². The van der Waals surface area contributed by atoms with Crippen molar-refractivity contribution in [2.45, 2.75) is 118 Å². The highest BCUT2D eigenvalue weighted by atomic mass is 32.1. The minimum atomic E-state index is 0.00950. The van der Waals surface area contributed by atoms with Gasteiger partial charge in [-0.25, -0.2) is 0 Å². The molecule has 0 amide bonds. The van der Waals surface area contributed by atoms with E-state index >= 15 is 0 Å². The summed E-state index contributed by atoms with van der Waals surface area (Å²) in [6.45, 7) is 27.7. The number of nitrogens with zero attached hydrogens (tertiary/aromatic N) is 2. The van der Waals surface area contributed by atoms with E-state index in [4.69, 9.17) is 0 Å². The largest absolute Gasteiger partial charge is 0.310 e. The highest BCUT2D eigenvalue weighted by Gasteiger charge is 2.32. The first kappa shape index (κ1) is 53.5. The van der Waals surface area contributed by atoms with Crippen molar-refractivity contribution in [3.63, 3.8) is 0 Å². The van der Waals surface area contributed by atoms with Crippen molar-refractivity contribution in [2.75, 3.05) is 9.80 Å². The molecule has 0 saturated carbocycles. The van der Waals surface area contributed by atoms with Crippen molar-refractivity contribution in [2.24, 2.45) is 0 Å². The van der Waals surface area contributed by atoms with Gasteiger partial charge in [-0.05, 0) is 168 Å². The van der Waals surface area contributed by atoms with E-state index in [1.807, 2.05) is 22.7 Å². The third-order valence-corrected chi connectivity index (χ3v) is 19.6. The molecule has 0 N–H and O–H groups in total. The van der Waals surface area contributed by atoms with Gasteiger partial charge in [-0.2, -0.15) is 0 Å².